The van der Waals surface area contributed by atoms with Gasteiger partial charge in [-0.2, -0.15) is 0 Å². The molecule has 0 fully saturated rings. The van der Waals surface area contributed by atoms with Crippen molar-refractivity contribution in [3.05, 3.63) is 69.3 Å². The Morgan fingerprint density at radius 1 is 1.19 bits per heavy atom. The molecule has 7 heteroatoms. The molecule has 0 aliphatic rings. The van der Waals surface area contributed by atoms with Gasteiger partial charge in [0.1, 0.15) is 18.2 Å². The maximum absolute atomic E-state index is 13.5. The van der Waals surface area contributed by atoms with Crippen molar-refractivity contribution in [3.63, 3.8) is 0 Å². The maximum Gasteiger partial charge on any atom is 0.310 e. The molecule has 0 radical (unpaired) electrons. The molecule has 2 aromatic carbocycles. The van der Waals surface area contributed by atoms with Gasteiger partial charge in [0.05, 0.1) is 4.92 Å². The molecule has 0 spiro atoms. The number of halogens is 2. The van der Waals surface area contributed by atoms with Gasteiger partial charge in [-0.15, -0.1) is 0 Å². The molecule has 2 N–H and O–H groups in total. The number of ether oxygens (including phenoxy) is 1. The minimum Gasteiger partial charge on any atom is -0.482 e. The van der Waals surface area contributed by atoms with Gasteiger partial charge in [-0.1, -0.05) is 6.07 Å². The zero-order valence-corrected chi connectivity index (χ0v) is 10.9. The summed E-state index contributed by atoms with van der Waals surface area (Å²) in [7, 11) is 0. The molecule has 0 heterocycles. The summed E-state index contributed by atoms with van der Waals surface area (Å²) in [6.07, 6.45) is 0. The van der Waals surface area contributed by atoms with Gasteiger partial charge in [0, 0.05) is 18.2 Å². The van der Waals surface area contributed by atoms with E-state index in [1.165, 1.54) is 18.2 Å². The van der Waals surface area contributed by atoms with Crippen LogP contribution in [0.25, 0.3) is 0 Å². The number of hydrogen-bond donors (Lipinski definition) is 1. The molecule has 21 heavy (non-hydrogen) atoms. The summed E-state index contributed by atoms with van der Waals surface area (Å²) in [5.41, 5.74) is 5.81. The third-order valence-corrected chi connectivity index (χ3v) is 2.85. The molecule has 110 valence electrons. The number of nitrogens with zero attached hydrogens (tertiary/aromatic N) is 1. The van der Waals surface area contributed by atoms with Gasteiger partial charge in [-0.3, -0.25) is 10.1 Å². The maximum atomic E-state index is 13.5. The van der Waals surface area contributed by atoms with E-state index in [4.69, 9.17) is 10.5 Å². The molecule has 0 unspecified atom stereocenters. The van der Waals surface area contributed by atoms with Crippen molar-refractivity contribution in [1.82, 2.24) is 0 Å². The predicted molar refractivity (Wildman–Crippen MR) is 71.7 cm³/mol. The Morgan fingerprint density at radius 2 is 1.95 bits per heavy atom. The lowest BCUT2D eigenvalue weighted by Crippen LogP contribution is -2.03. The molecular formula is C14H12F2N2O3. The topological polar surface area (TPSA) is 78.4 Å². The predicted octanol–water partition coefficient (Wildman–Crippen LogP) is 2.91. The highest BCUT2D eigenvalue weighted by molar-refractivity contribution is 5.48. The number of nitrogens with two attached hydrogens (primary N) is 1. The number of nitro groups is 1. The summed E-state index contributed by atoms with van der Waals surface area (Å²) >= 11 is 0. The molecule has 0 aliphatic heterocycles. The second kappa shape index (κ2) is 6.27. The Morgan fingerprint density at radius 3 is 2.62 bits per heavy atom. The third-order valence-electron chi connectivity index (χ3n) is 2.85. The summed E-state index contributed by atoms with van der Waals surface area (Å²) in [4.78, 5) is 10.3. The first kappa shape index (κ1) is 14.9. The molecule has 0 amide bonds. The highest BCUT2D eigenvalue weighted by atomic mass is 19.1. The minimum atomic E-state index is -0.644. The zero-order valence-electron chi connectivity index (χ0n) is 10.9. The molecule has 0 saturated carbocycles. The van der Waals surface area contributed by atoms with Gasteiger partial charge >= 0.3 is 5.69 Å². The van der Waals surface area contributed by atoms with Crippen LogP contribution in [-0.4, -0.2) is 4.92 Å². The van der Waals surface area contributed by atoms with Crippen LogP contribution in [0.1, 0.15) is 11.1 Å². The Labute approximate surface area is 119 Å². The van der Waals surface area contributed by atoms with Gasteiger partial charge in [0.25, 0.3) is 0 Å². The molecule has 0 saturated heterocycles. The van der Waals surface area contributed by atoms with Gasteiger partial charge < -0.3 is 10.5 Å². The van der Waals surface area contributed by atoms with E-state index in [1.807, 2.05) is 0 Å². The van der Waals surface area contributed by atoms with Crippen LogP contribution in [0, 0.1) is 21.7 Å². The van der Waals surface area contributed by atoms with E-state index in [0.717, 1.165) is 18.2 Å². The van der Waals surface area contributed by atoms with Crippen LogP contribution >= 0.6 is 0 Å². The molecule has 0 atom stereocenters. The largest absolute Gasteiger partial charge is 0.482 e. The number of rotatable bonds is 5. The first-order valence-corrected chi connectivity index (χ1v) is 6.05. The minimum absolute atomic E-state index is 0.0255. The number of hydrogen-bond acceptors (Lipinski definition) is 4. The van der Waals surface area contributed by atoms with Crippen LogP contribution in [0.4, 0.5) is 14.5 Å². The fourth-order valence-electron chi connectivity index (χ4n) is 1.76. The summed E-state index contributed by atoms with van der Waals surface area (Å²) in [5.74, 6) is -1.29. The van der Waals surface area contributed by atoms with Crippen molar-refractivity contribution in [2.24, 2.45) is 5.73 Å². The monoisotopic (exact) mass is 294 g/mol. The van der Waals surface area contributed by atoms with Crippen molar-refractivity contribution in [3.8, 4) is 5.75 Å². The zero-order chi connectivity index (χ0) is 15.4. The van der Waals surface area contributed by atoms with E-state index in [-0.39, 0.29) is 30.2 Å². The SMILES string of the molecule is NCc1ccc([N+](=O)[O-])c(OCc2cc(F)ccc2F)c1. The standard InChI is InChI=1S/C14H12F2N2O3/c15-11-2-3-12(16)10(6-11)8-21-14-5-9(7-17)1-4-13(14)18(19)20/h1-6H,7-8,17H2. The molecule has 0 aromatic heterocycles. The van der Waals surface area contributed by atoms with Gasteiger partial charge in [-0.05, 0) is 29.8 Å². The summed E-state index contributed by atoms with van der Waals surface area (Å²) < 4.78 is 31.8. The third kappa shape index (κ3) is 3.51. The van der Waals surface area contributed by atoms with Crippen LogP contribution in [-0.2, 0) is 13.2 Å². The smallest absolute Gasteiger partial charge is 0.310 e. The Bertz CT molecular complexity index is 677. The summed E-state index contributed by atoms with van der Waals surface area (Å²) in [6.45, 7) is -0.138. The summed E-state index contributed by atoms with van der Waals surface area (Å²) in [5, 5.41) is 10.9. The van der Waals surface area contributed by atoms with Crippen LogP contribution in [0.2, 0.25) is 0 Å². The highest BCUT2D eigenvalue weighted by Crippen LogP contribution is 2.29. The Hall–Kier alpha value is -2.54. The normalized spacial score (nSPS) is 10.4. The fraction of sp³-hybridized carbons (Fsp3) is 0.143. The molecule has 2 aromatic rings. The first-order chi connectivity index (χ1) is 10.0. The fourth-order valence-corrected chi connectivity index (χ4v) is 1.76. The van der Waals surface area contributed by atoms with Crippen molar-refractivity contribution in [2.45, 2.75) is 13.2 Å². The Kier molecular flexibility index (Phi) is 4.44. The lowest BCUT2D eigenvalue weighted by molar-refractivity contribution is -0.386. The molecular weight excluding hydrogens is 282 g/mol. The molecule has 2 rings (SSSR count). The van der Waals surface area contributed by atoms with Crippen molar-refractivity contribution in [1.29, 1.82) is 0 Å². The van der Waals surface area contributed by atoms with Crippen molar-refractivity contribution < 1.29 is 18.4 Å². The lowest BCUT2D eigenvalue weighted by atomic mass is 10.2. The first-order valence-electron chi connectivity index (χ1n) is 6.05. The lowest BCUT2D eigenvalue weighted by Gasteiger charge is -2.09. The van der Waals surface area contributed by atoms with Gasteiger partial charge in [-0.25, -0.2) is 8.78 Å². The van der Waals surface area contributed by atoms with E-state index in [1.54, 1.807) is 0 Å². The second-order valence-electron chi connectivity index (χ2n) is 4.29. The van der Waals surface area contributed by atoms with Crippen LogP contribution in [0.15, 0.2) is 36.4 Å². The van der Waals surface area contributed by atoms with E-state index in [0.29, 0.717) is 5.56 Å². The van der Waals surface area contributed by atoms with Crippen LogP contribution in [0.3, 0.4) is 0 Å². The molecule has 0 aliphatic carbocycles. The average molecular weight is 294 g/mol. The van der Waals surface area contributed by atoms with Crippen LogP contribution in [0.5, 0.6) is 5.75 Å². The molecule has 0 bridgehead atoms. The van der Waals surface area contributed by atoms with Crippen LogP contribution < -0.4 is 10.5 Å². The van der Waals surface area contributed by atoms with Crippen molar-refractivity contribution >= 4 is 5.69 Å². The van der Waals surface area contributed by atoms with Gasteiger partial charge in [0.15, 0.2) is 5.75 Å². The van der Waals surface area contributed by atoms with E-state index in [2.05, 4.69) is 0 Å². The van der Waals surface area contributed by atoms with Crippen molar-refractivity contribution in [2.75, 3.05) is 0 Å². The van der Waals surface area contributed by atoms with E-state index in [9.17, 15) is 18.9 Å². The number of nitro benzene ring substituents is 1. The molecule has 5 nitrogen and oxygen atoms in total. The number of benzene rings is 2. The van der Waals surface area contributed by atoms with Gasteiger partial charge in [0.2, 0.25) is 0 Å². The Balaban J connectivity index is 2.26. The quantitative estimate of drug-likeness (QED) is 0.679. The second-order valence-corrected chi connectivity index (χ2v) is 4.29. The summed E-state index contributed by atoms with van der Waals surface area (Å²) in [6, 6.07) is 7.12. The van der Waals surface area contributed by atoms with E-state index >= 15 is 0 Å². The average Bonchev–Trinajstić information content (AvgIpc) is 2.47. The highest BCUT2D eigenvalue weighted by Gasteiger charge is 2.16. The van der Waals surface area contributed by atoms with E-state index < -0.39 is 16.6 Å².